The third-order valence-electron chi connectivity index (χ3n) is 1.41. The van der Waals surface area contributed by atoms with Gasteiger partial charge >= 0.3 is 6.18 Å². The van der Waals surface area contributed by atoms with Crippen molar-refractivity contribution in [1.82, 2.24) is 19.6 Å². The van der Waals surface area contributed by atoms with Crippen molar-refractivity contribution < 1.29 is 13.2 Å². The van der Waals surface area contributed by atoms with Crippen LogP contribution in [0.2, 0.25) is 0 Å². The van der Waals surface area contributed by atoms with Crippen molar-refractivity contribution in [3.05, 3.63) is 24.4 Å². The van der Waals surface area contributed by atoms with Gasteiger partial charge in [0.2, 0.25) is 5.82 Å². The van der Waals surface area contributed by atoms with Crippen LogP contribution in [0.4, 0.5) is 13.2 Å². The molecule has 0 aliphatic carbocycles. The molecule has 0 saturated carbocycles. The molecule has 68 valence electrons. The number of hydrogen-bond acceptors (Lipinski definition) is 3. The predicted octanol–water partition coefficient (Wildman–Crippen LogP) is 1.14. The highest BCUT2D eigenvalue weighted by atomic mass is 19.4. The standard InChI is InChI=1S/C6H3F3N4/c7-6(8,9)5-10-3-13-4(12-5)1-2-11-13/h1-3H. The summed E-state index contributed by atoms with van der Waals surface area (Å²) in [7, 11) is 0. The molecule has 0 spiro atoms. The Kier molecular flexibility index (Phi) is 1.48. The molecular weight excluding hydrogens is 185 g/mol. The lowest BCUT2D eigenvalue weighted by Gasteiger charge is -2.03. The Labute approximate surface area is 70.0 Å². The maximum atomic E-state index is 12.1. The fraction of sp³-hybridized carbons (Fsp3) is 0.167. The zero-order chi connectivity index (χ0) is 9.47. The molecule has 0 N–H and O–H groups in total. The Hall–Kier alpha value is -1.66. The van der Waals surface area contributed by atoms with Gasteiger partial charge in [0, 0.05) is 6.07 Å². The normalized spacial score (nSPS) is 12.2. The molecule has 0 amide bonds. The zero-order valence-electron chi connectivity index (χ0n) is 6.15. The van der Waals surface area contributed by atoms with Crippen LogP contribution in [0.5, 0.6) is 0 Å². The minimum Gasteiger partial charge on any atom is -0.213 e. The molecule has 0 saturated heterocycles. The lowest BCUT2D eigenvalue weighted by atomic mass is 10.6. The fourth-order valence-corrected chi connectivity index (χ4v) is 0.868. The largest absolute Gasteiger partial charge is 0.451 e. The van der Waals surface area contributed by atoms with Gasteiger partial charge in [0.1, 0.15) is 6.33 Å². The lowest BCUT2D eigenvalue weighted by molar-refractivity contribution is -0.144. The number of hydrogen-bond donors (Lipinski definition) is 0. The summed E-state index contributed by atoms with van der Waals surface area (Å²) in [6.45, 7) is 0. The van der Waals surface area contributed by atoms with Crippen molar-refractivity contribution in [3.63, 3.8) is 0 Å². The summed E-state index contributed by atoms with van der Waals surface area (Å²) in [6, 6.07) is 1.37. The molecule has 2 heterocycles. The van der Waals surface area contributed by atoms with E-state index in [2.05, 4.69) is 15.1 Å². The maximum Gasteiger partial charge on any atom is 0.451 e. The first kappa shape index (κ1) is 7.96. The monoisotopic (exact) mass is 188 g/mol. The number of aromatic nitrogens is 4. The van der Waals surface area contributed by atoms with Crippen molar-refractivity contribution in [3.8, 4) is 0 Å². The highest BCUT2D eigenvalue weighted by Gasteiger charge is 2.34. The minimum atomic E-state index is -4.51. The van der Waals surface area contributed by atoms with Crippen LogP contribution >= 0.6 is 0 Å². The second-order valence-electron chi connectivity index (χ2n) is 2.31. The van der Waals surface area contributed by atoms with E-state index in [0.717, 1.165) is 10.8 Å². The van der Waals surface area contributed by atoms with E-state index in [1.165, 1.54) is 12.3 Å². The van der Waals surface area contributed by atoms with Crippen LogP contribution in [0, 0.1) is 0 Å². The summed E-state index contributed by atoms with van der Waals surface area (Å²) < 4.78 is 37.4. The molecular formula is C6H3F3N4. The van der Waals surface area contributed by atoms with Crippen LogP contribution < -0.4 is 0 Å². The molecule has 7 heteroatoms. The van der Waals surface area contributed by atoms with Crippen molar-refractivity contribution >= 4 is 5.65 Å². The van der Waals surface area contributed by atoms with Crippen molar-refractivity contribution in [2.75, 3.05) is 0 Å². The van der Waals surface area contributed by atoms with E-state index < -0.39 is 12.0 Å². The van der Waals surface area contributed by atoms with E-state index in [1.54, 1.807) is 0 Å². The van der Waals surface area contributed by atoms with Gasteiger partial charge in [-0.05, 0) is 0 Å². The number of halogens is 3. The van der Waals surface area contributed by atoms with Gasteiger partial charge in [-0.15, -0.1) is 0 Å². The second kappa shape index (κ2) is 2.41. The van der Waals surface area contributed by atoms with E-state index in [9.17, 15) is 13.2 Å². The van der Waals surface area contributed by atoms with Crippen LogP contribution in [0.15, 0.2) is 18.6 Å². The first-order valence-corrected chi connectivity index (χ1v) is 3.31. The highest BCUT2D eigenvalue weighted by Crippen LogP contribution is 2.25. The van der Waals surface area contributed by atoms with E-state index >= 15 is 0 Å². The molecule has 0 unspecified atom stereocenters. The van der Waals surface area contributed by atoms with Gasteiger partial charge in [-0.25, -0.2) is 14.5 Å². The van der Waals surface area contributed by atoms with Crippen LogP contribution in [-0.4, -0.2) is 19.6 Å². The molecule has 2 aromatic rings. The summed E-state index contributed by atoms with van der Waals surface area (Å²) in [6.07, 6.45) is -2.18. The summed E-state index contributed by atoms with van der Waals surface area (Å²) >= 11 is 0. The van der Waals surface area contributed by atoms with Crippen LogP contribution in [0.25, 0.3) is 5.65 Å². The SMILES string of the molecule is FC(F)(F)c1ncn2nccc2n1. The van der Waals surface area contributed by atoms with Gasteiger partial charge in [0.15, 0.2) is 5.65 Å². The summed E-state index contributed by atoms with van der Waals surface area (Å²) in [5.41, 5.74) is 0.127. The van der Waals surface area contributed by atoms with Gasteiger partial charge in [-0.1, -0.05) is 0 Å². The molecule has 4 nitrogen and oxygen atoms in total. The summed E-state index contributed by atoms with van der Waals surface area (Å²) in [4.78, 5) is 6.39. The zero-order valence-corrected chi connectivity index (χ0v) is 6.15. The number of fused-ring (bicyclic) bond motifs is 1. The van der Waals surface area contributed by atoms with Crippen LogP contribution in [0.3, 0.4) is 0 Å². The second-order valence-corrected chi connectivity index (χ2v) is 2.31. The van der Waals surface area contributed by atoms with Gasteiger partial charge in [0.25, 0.3) is 0 Å². The maximum absolute atomic E-state index is 12.1. The average Bonchev–Trinajstić information content (AvgIpc) is 2.47. The lowest BCUT2D eigenvalue weighted by Crippen LogP contribution is -2.12. The van der Waals surface area contributed by atoms with E-state index in [-0.39, 0.29) is 5.65 Å². The van der Waals surface area contributed by atoms with Crippen LogP contribution in [0.1, 0.15) is 5.82 Å². The molecule has 0 radical (unpaired) electrons. The molecule has 2 aromatic heterocycles. The Balaban J connectivity index is 2.61. The predicted molar refractivity (Wildman–Crippen MR) is 35.8 cm³/mol. The topological polar surface area (TPSA) is 43.1 Å². The van der Waals surface area contributed by atoms with E-state index in [4.69, 9.17) is 0 Å². The smallest absolute Gasteiger partial charge is 0.213 e. The van der Waals surface area contributed by atoms with Crippen molar-refractivity contribution in [2.45, 2.75) is 6.18 Å². The number of nitrogens with zero attached hydrogens (tertiary/aromatic N) is 4. The fourth-order valence-electron chi connectivity index (χ4n) is 0.868. The third kappa shape index (κ3) is 1.32. The molecule has 0 aliphatic heterocycles. The van der Waals surface area contributed by atoms with Crippen molar-refractivity contribution in [1.29, 1.82) is 0 Å². The van der Waals surface area contributed by atoms with E-state index in [1.807, 2.05) is 0 Å². The minimum absolute atomic E-state index is 0.127. The Morgan fingerprint density at radius 3 is 2.77 bits per heavy atom. The molecule has 0 atom stereocenters. The molecule has 2 rings (SSSR count). The number of alkyl halides is 3. The van der Waals surface area contributed by atoms with Gasteiger partial charge in [-0.3, -0.25) is 0 Å². The average molecular weight is 188 g/mol. The number of rotatable bonds is 0. The first-order valence-electron chi connectivity index (χ1n) is 3.31. The van der Waals surface area contributed by atoms with Crippen molar-refractivity contribution in [2.24, 2.45) is 0 Å². The van der Waals surface area contributed by atoms with Gasteiger partial charge < -0.3 is 0 Å². The Morgan fingerprint density at radius 2 is 2.08 bits per heavy atom. The highest BCUT2D eigenvalue weighted by molar-refractivity contribution is 5.34. The Bertz CT molecular complexity index is 433. The van der Waals surface area contributed by atoms with Gasteiger partial charge in [0.05, 0.1) is 6.20 Å². The van der Waals surface area contributed by atoms with E-state index in [0.29, 0.717) is 0 Å². The molecule has 0 bridgehead atoms. The molecule has 0 aromatic carbocycles. The van der Waals surface area contributed by atoms with Gasteiger partial charge in [-0.2, -0.15) is 18.3 Å². The molecule has 0 fully saturated rings. The molecule has 0 aliphatic rings. The molecule has 13 heavy (non-hydrogen) atoms. The first-order chi connectivity index (χ1) is 6.07. The quantitative estimate of drug-likeness (QED) is 0.622. The summed E-state index contributed by atoms with van der Waals surface area (Å²) in [5.74, 6) is -1.15. The third-order valence-corrected chi connectivity index (χ3v) is 1.41. The Morgan fingerprint density at radius 1 is 1.31 bits per heavy atom. The summed E-state index contributed by atoms with van der Waals surface area (Å²) in [5, 5.41) is 3.67. The van der Waals surface area contributed by atoms with Crippen LogP contribution in [-0.2, 0) is 6.18 Å².